The zero-order valence-corrected chi connectivity index (χ0v) is 12.3. The van der Waals surface area contributed by atoms with Crippen molar-refractivity contribution < 1.29 is 9.84 Å². The van der Waals surface area contributed by atoms with Gasteiger partial charge in [-0.2, -0.15) is 0 Å². The number of nitrogens with one attached hydrogen (secondary N) is 1. The molecule has 3 heteroatoms. The van der Waals surface area contributed by atoms with Crippen LogP contribution in [0.3, 0.4) is 0 Å². The lowest BCUT2D eigenvalue weighted by Gasteiger charge is -2.26. The molecule has 1 unspecified atom stereocenters. The standard InChI is InChI=1S/C17H25NO2/c1-12(13-6-4-2-3-5-7-13)18-16-11-20-17-10-14(19)8-9-15(16)17/h8-10,12-13,16,18-19H,2-7,11H2,1H3/t12-,16?/m1/s1. The van der Waals surface area contributed by atoms with Crippen LogP contribution in [0.4, 0.5) is 0 Å². The van der Waals surface area contributed by atoms with Crippen molar-refractivity contribution in [3.05, 3.63) is 23.8 Å². The lowest BCUT2D eigenvalue weighted by Crippen LogP contribution is -2.37. The Balaban J connectivity index is 1.64. The van der Waals surface area contributed by atoms with Crippen molar-refractivity contribution in [2.75, 3.05) is 6.61 Å². The molecule has 1 heterocycles. The van der Waals surface area contributed by atoms with Crippen molar-refractivity contribution in [3.63, 3.8) is 0 Å². The fourth-order valence-electron chi connectivity index (χ4n) is 3.60. The van der Waals surface area contributed by atoms with Crippen molar-refractivity contribution >= 4 is 0 Å². The van der Waals surface area contributed by atoms with E-state index in [0.717, 1.165) is 11.7 Å². The van der Waals surface area contributed by atoms with Crippen LogP contribution in [0.15, 0.2) is 18.2 Å². The Morgan fingerprint density at radius 1 is 1.20 bits per heavy atom. The molecule has 0 amide bonds. The molecule has 0 radical (unpaired) electrons. The quantitative estimate of drug-likeness (QED) is 0.825. The first-order valence-electron chi connectivity index (χ1n) is 7.96. The summed E-state index contributed by atoms with van der Waals surface area (Å²) in [6.07, 6.45) is 8.26. The van der Waals surface area contributed by atoms with Crippen LogP contribution >= 0.6 is 0 Å². The summed E-state index contributed by atoms with van der Waals surface area (Å²) in [5, 5.41) is 13.2. The second kappa shape index (κ2) is 6.04. The van der Waals surface area contributed by atoms with Crippen molar-refractivity contribution in [2.24, 2.45) is 5.92 Å². The smallest absolute Gasteiger partial charge is 0.127 e. The highest BCUT2D eigenvalue weighted by Crippen LogP contribution is 2.36. The topological polar surface area (TPSA) is 41.5 Å². The Morgan fingerprint density at radius 2 is 1.95 bits per heavy atom. The first kappa shape index (κ1) is 13.7. The number of fused-ring (bicyclic) bond motifs is 1. The van der Waals surface area contributed by atoms with E-state index in [4.69, 9.17) is 4.74 Å². The van der Waals surface area contributed by atoms with Gasteiger partial charge in [0.2, 0.25) is 0 Å². The predicted octanol–water partition coefficient (Wildman–Crippen LogP) is 3.77. The summed E-state index contributed by atoms with van der Waals surface area (Å²) in [6, 6.07) is 6.24. The first-order chi connectivity index (χ1) is 9.74. The Labute approximate surface area is 121 Å². The maximum atomic E-state index is 9.50. The van der Waals surface area contributed by atoms with Crippen molar-refractivity contribution in [1.29, 1.82) is 0 Å². The van der Waals surface area contributed by atoms with Gasteiger partial charge in [-0.3, -0.25) is 0 Å². The van der Waals surface area contributed by atoms with E-state index in [1.54, 1.807) is 12.1 Å². The number of rotatable bonds is 3. The molecular formula is C17H25NO2. The number of phenols is 1. The third kappa shape index (κ3) is 2.93. The Hall–Kier alpha value is -1.22. The van der Waals surface area contributed by atoms with Crippen LogP contribution in [0.1, 0.15) is 57.1 Å². The number of hydrogen-bond acceptors (Lipinski definition) is 3. The van der Waals surface area contributed by atoms with Gasteiger partial charge in [0.25, 0.3) is 0 Å². The second-order valence-corrected chi connectivity index (χ2v) is 6.29. The Morgan fingerprint density at radius 3 is 2.70 bits per heavy atom. The summed E-state index contributed by atoms with van der Waals surface area (Å²) in [6.45, 7) is 2.99. The number of ether oxygens (including phenoxy) is 1. The average Bonchev–Trinajstić information content (AvgIpc) is 2.66. The highest BCUT2D eigenvalue weighted by Gasteiger charge is 2.28. The monoisotopic (exact) mass is 275 g/mol. The lowest BCUT2D eigenvalue weighted by molar-refractivity contribution is 0.263. The number of aromatic hydroxyl groups is 1. The summed E-state index contributed by atoms with van der Waals surface area (Å²) in [5.41, 5.74) is 1.18. The number of benzene rings is 1. The van der Waals surface area contributed by atoms with Gasteiger partial charge in [0.05, 0.1) is 6.04 Å². The van der Waals surface area contributed by atoms with Crippen LogP contribution in [-0.2, 0) is 0 Å². The zero-order chi connectivity index (χ0) is 13.9. The van der Waals surface area contributed by atoms with Gasteiger partial charge in [-0.1, -0.05) is 25.7 Å². The largest absolute Gasteiger partial charge is 0.508 e. The van der Waals surface area contributed by atoms with Crippen molar-refractivity contribution in [1.82, 2.24) is 5.32 Å². The summed E-state index contributed by atoms with van der Waals surface area (Å²) in [5.74, 6) is 1.90. The molecule has 1 aromatic rings. The number of hydrogen-bond donors (Lipinski definition) is 2. The predicted molar refractivity (Wildman–Crippen MR) is 80.1 cm³/mol. The molecule has 3 nitrogen and oxygen atoms in total. The minimum absolute atomic E-state index is 0.267. The van der Waals surface area contributed by atoms with Crippen LogP contribution < -0.4 is 10.1 Å². The first-order valence-corrected chi connectivity index (χ1v) is 7.96. The maximum Gasteiger partial charge on any atom is 0.127 e. The summed E-state index contributed by atoms with van der Waals surface area (Å²) in [4.78, 5) is 0. The molecule has 2 aliphatic rings. The van der Waals surface area contributed by atoms with Gasteiger partial charge in [-0.15, -0.1) is 0 Å². The van der Waals surface area contributed by atoms with Crippen molar-refractivity contribution in [3.8, 4) is 11.5 Å². The Bertz CT molecular complexity index is 452. The van der Waals surface area contributed by atoms with E-state index in [1.807, 2.05) is 6.07 Å². The molecule has 1 fully saturated rings. The van der Waals surface area contributed by atoms with Gasteiger partial charge >= 0.3 is 0 Å². The Kier molecular flexibility index (Phi) is 4.16. The SMILES string of the molecule is C[C@@H](NC1COc2cc(O)ccc21)C1CCCCCC1. The van der Waals surface area contributed by atoms with E-state index in [-0.39, 0.29) is 11.8 Å². The average molecular weight is 275 g/mol. The fourth-order valence-corrected chi connectivity index (χ4v) is 3.60. The van der Waals surface area contributed by atoms with Gasteiger partial charge in [-0.25, -0.2) is 0 Å². The minimum atomic E-state index is 0.267. The van der Waals surface area contributed by atoms with Crippen LogP contribution in [0, 0.1) is 5.92 Å². The summed E-state index contributed by atoms with van der Waals surface area (Å²) in [7, 11) is 0. The molecule has 3 rings (SSSR count). The molecular weight excluding hydrogens is 250 g/mol. The molecule has 0 aromatic heterocycles. The molecule has 1 aliphatic carbocycles. The van der Waals surface area contributed by atoms with E-state index in [1.165, 1.54) is 44.1 Å². The van der Waals surface area contributed by atoms with E-state index in [0.29, 0.717) is 12.6 Å². The van der Waals surface area contributed by atoms with Crippen LogP contribution in [0.2, 0.25) is 0 Å². The van der Waals surface area contributed by atoms with Gasteiger partial charge in [0.1, 0.15) is 18.1 Å². The molecule has 2 atom stereocenters. The molecule has 0 spiro atoms. The van der Waals surface area contributed by atoms with E-state index < -0.39 is 0 Å². The summed E-state index contributed by atoms with van der Waals surface area (Å²) < 4.78 is 5.68. The van der Waals surface area contributed by atoms with Crippen molar-refractivity contribution in [2.45, 2.75) is 57.5 Å². The molecule has 0 saturated heterocycles. The van der Waals surface area contributed by atoms with Gasteiger partial charge < -0.3 is 15.2 Å². The highest BCUT2D eigenvalue weighted by molar-refractivity contribution is 5.44. The maximum absolute atomic E-state index is 9.50. The van der Waals surface area contributed by atoms with Crippen LogP contribution in [-0.4, -0.2) is 17.8 Å². The highest BCUT2D eigenvalue weighted by atomic mass is 16.5. The van der Waals surface area contributed by atoms with Gasteiger partial charge in [-0.05, 0) is 37.8 Å². The van der Waals surface area contributed by atoms with Gasteiger partial charge in [0, 0.05) is 17.7 Å². The molecule has 20 heavy (non-hydrogen) atoms. The molecule has 1 aliphatic heterocycles. The van der Waals surface area contributed by atoms with E-state index in [9.17, 15) is 5.11 Å². The second-order valence-electron chi connectivity index (χ2n) is 6.29. The third-order valence-electron chi connectivity index (χ3n) is 4.85. The van der Waals surface area contributed by atoms with E-state index in [2.05, 4.69) is 12.2 Å². The van der Waals surface area contributed by atoms with Gasteiger partial charge in [0.15, 0.2) is 0 Å². The molecule has 2 N–H and O–H groups in total. The third-order valence-corrected chi connectivity index (χ3v) is 4.85. The molecule has 1 saturated carbocycles. The number of phenolic OH excluding ortho intramolecular Hbond substituents is 1. The fraction of sp³-hybridized carbons (Fsp3) is 0.647. The zero-order valence-electron chi connectivity index (χ0n) is 12.3. The van der Waals surface area contributed by atoms with Crippen LogP contribution in [0.25, 0.3) is 0 Å². The van der Waals surface area contributed by atoms with E-state index >= 15 is 0 Å². The van der Waals surface area contributed by atoms with Crippen LogP contribution in [0.5, 0.6) is 11.5 Å². The molecule has 110 valence electrons. The normalized spacial score (nSPS) is 24.8. The molecule has 0 bridgehead atoms. The summed E-state index contributed by atoms with van der Waals surface area (Å²) >= 11 is 0. The lowest BCUT2D eigenvalue weighted by atomic mass is 9.92. The molecule has 1 aromatic carbocycles. The minimum Gasteiger partial charge on any atom is -0.508 e.